The molecule has 1 aromatic rings. The summed E-state index contributed by atoms with van der Waals surface area (Å²) in [5, 5.41) is 12.9. The number of urea groups is 1. The largest absolute Gasteiger partial charge is 0.335 e. The van der Waals surface area contributed by atoms with Gasteiger partial charge in [0.2, 0.25) is 5.91 Å². The molecule has 2 fully saturated rings. The molecule has 0 aromatic carbocycles. The van der Waals surface area contributed by atoms with Crippen LogP contribution in [0.5, 0.6) is 0 Å². The molecule has 1 aromatic heterocycles. The normalized spacial score (nSPS) is 27.6. The lowest BCUT2D eigenvalue weighted by molar-refractivity contribution is -0.117. The second-order valence-corrected chi connectivity index (χ2v) is 8.20. The predicted octanol–water partition coefficient (Wildman–Crippen LogP) is 2.28. The first-order chi connectivity index (χ1) is 10.6. The molecular formula is C14H20N4O2S2. The number of hydrogen-bond donors (Lipinski definition) is 2. The molecule has 8 heteroatoms. The monoisotopic (exact) mass is 340 g/mol. The lowest BCUT2D eigenvalue weighted by Gasteiger charge is -2.28. The molecule has 0 unspecified atom stereocenters. The van der Waals surface area contributed by atoms with Gasteiger partial charge in [-0.15, -0.1) is 10.2 Å². The second-order valence-electron chi connectivity index (χ2n) is 6.14. The van der Waals surface area contributed by atoms with Crippen molar-refractivity contribution in [1.29, 1.82) is 0 Å². The van der Waals surface area contributed by atoms with E-state index in [1.807, 2.05) is 6.92 Å². The van der Waals surface area contributed by atoms with Crippen molar-refractivity contribution in [2.75, 3.05) is 5.75 Å². The highest BCUT2D eigenvalue weighted by atomic mass is 32.2. The summed E-state index contributed by atoms with van der Waals surface area (Å²) < 4.78 is 0.728. The van der Waals surface area contributed by atoms with Crippen molar-refractivity contribution in [3.05, 3.63) is 5.51 Å². The number of fused-ring (bicyclic) bond motifs is 2. The van der Waals surface area contributed by atoms with Crippen LogP contribution in [0.25, 0.3) is 0 Å². The standard InChI is InChI=1S/C14H20N4O2S2/c1-8(11-5-9-2-3-10(11)4-9)16-13(20)17-12(19)6-21-14-18-15-7-22-14/h7-11H,2-6H2,1H3,(H2,16,17,19,20)/t8-,9-,10-,11+/m0/s1. The summed E-state index contributed by atoms with van der Waals surface area (Å²) in [4.78, 5) is 23.7. The van der Waals surface area contributed by atoms with Gasteiger partial charge in [-0.1, -0.05) is 29.5 Å². The third-order valence-electron chi connectivity index (χ3n) is 4.71. The number of nitrogens with one attached hydrogen (secondary N) is 2. The van der Waals surface area contributed by atoms with Gasteiger partial charge in [0.05, 0.1) is 5.75 Å². The van der Waals surface area contributed by atoms with Gasteiger partial charge in [0.1, 0.15) is 5.51 Å². The maximum Gasteiger partial charge on any atom is 0.321 e. The van der Waals surface area contributed by atoms with Crippen LogP contribution in [0, 0.1) is 17.8 Å². The van der Waals surface area contributed by atoms with E-state index in [-0.39, 0.29) is 17.7 Å². The number of thioether (sulfide) groups is 1. The third kappa shape index (κ3) is 3.78. The molecule has 4 atom stereocenters. The van der Waals surface area contributed by atoms with Gasteiger partial charge in [0.15, 0.2) is 4.34 Å². The Morgan fingerprint density at radius 3 is 2.95 bits per heavy atom. The third-order valence-corrected chi connectivity index (χ3v) is 6.57. The summed E-state index contributed by atoms with van der Waals surface area (Å²) in [6, 6.07) is -0.267. The molecule has 1 heterocycles. The lowest BCUT2D eigenvalue weighted by atomic mass is 9.84. The second kappa shape index (κ2) is 6.95. The molecule has 2 bridgehead atoms. The lowest BCUT2D eigenvalue weighted by Crippen LogP contribution is -2.47. The Labute approximate surface area is 137 Å². The summed E-state index contributed by atoms with van der Waals surface area (Å²) in [5.41, 5.74) is 1.62. The minimum Gasteiger partial charge on any atom is -0.335 e. The van der Waals surface area contributed by atoms with E-state index in [0.29, 0.717) is 5.92 Å². The highest BCUT2D eigenvalue weighted by Crippen LogP contribution is 2.49. The molecule has 2 saturated carbocycles. The Morgan fingerprint density at radius 1 is 1.45 bits per heavy atom. The summed E-state index contributed by atoms with van der Waals surface area (Å²) in [5.74, 6) is 2.04. The number of nitrogens with zero attached hydrogens (tertiary/aromatic N) is 2. The van der Waals surface area contributed by atoms with Gasteiger partial charge in [-0.3, -0.25) is 10.1 Å². The van der Waals surface area contributed by atoms with E-state index in [2.05, 4.69) is 20.8 Å². The summed E-state index contributed by atoms with van der Waals surface area (Å²) >= 11 is 2.66. The minimum absolute atomic E-state index is 0.124. The van der Waals surface area contributed by atoms with Gasteiger partial charge >= 0.3 is 6.03 Å². The van der Waals surface area contributed by atoms with Gasteiger partial charge in [0.25, 0.3) is 0 Å². The zero-order valence-corrected chi connectivity index (χ0v) is 14.1. The van der Waals surface area contributed by atoms with Crippen LogP contribution >= 0.6 is 23.1 Å². The van der Waals surface area contributed by atoms with Crippen LogP contribution in [0.1, 0.15) is 32.6 Å². The molecule has 2 N–H and O–H groups in total. The quantitative estimate of drug-likeness (QED) is 0.804. The molecule has 120 valence electrons. The Bertz CT molecular complexity index is 537. The Balaban J connectivity index is 1.39. The Hall–Kier alpha value is -1.15. The predicted molar refractivity (Wildman–Crippen MR) is 85.7 cm³/mol. The summed E-state index contributed by atoms with van der Waals surface area (Å²) in [6.45, 7) is 2.05. The fraction of sp³-hybridized carbons (Fsp3) is 0.714. The van der Waals surface area contributed by atoms with E-state index in [0.717, 1.165) is 16.2 Å². The molecule has 0 saturated heterocycles. The van der Waals surface area contributed by atoms with Crippen molar-refractivity contribution in [3.8, 4) is 0 Å². The smallest absolute Gasteiger partial charge is 0.321 e. The average molecular weight is 340 g/mol. The SMILES string of the molecule is C[C@H](NC(=O)NC(=O)CSc1nncs1)[C@H]1C[C@H]2CC[C@H]1C2. The number of carbonyl (C=O) groups is 2. The van der Waals surface area contributed by atoms with Crippen LogP contribution in [-0.4, -0.2) is 33.9 Å². The first-order valence-corrected chi connectivity index (χ1v) is 9.47. The first-order valence-electron chi connectivity index (χ1n) is 7.61. The molecule has 2 aliphatic carbocycles. The first kappa shape index (κ1) is 15.7. The van der Waals surface area contributed by atoms with Crippen LogP contribution < -0.4 is 10.6 Å². The number of amides is 3. The maximum atomic E-state index is 11.9. The van der Waals surface area contributed by atoms with Gasteiger partial charge in [-0.25, -0.2) is 4.79 Å². The molecule has 0 spiro atoms. The van der Waals surface area contributed by atoms with E-state index < -0.39 is 6.03 Å². The van der Waals surface area contributed by atoms with E-state index in [1.165, 1.54) is 48.8 Å². The molecule has 0 radical (unpaired) electrons. The van der Waals surface area contributed by atoms with Crippen molar-refractivity contribution in [3.63, 3.8) is 0 Å². The molecule has 0 aliphatic heterocycles. The van der Waals surface area contributed by atoms with Crippen LogP contribution in [0.4, 0.5) is 4.79 Å². The van der Waals surface area contributed by atoms with Gasteiger partial charge in [-0.05, 0) is 43.9 Å². The number of rotatable bonds is 5. The molecule has 3 amide bonds. The zero-order valence-electron chi connectivity index (χ0n) is 12.4. The van der Waals surface area contributed by atoms with Crippen molar-refractivity contribution in [2.24, 2.45) is 17.8 Å². The molecule has 22 heavy (non-hydrogen) atoms. The zero-order chi connectivity index (χ0) is 15.5. The van der Waals surface area contributed by atoms with Crippen LogP contribution in [0.2, 0.25) is 0 Å². The maximum absolute atomic E-state index is 11.9. The van der Waals surface area contributed by atoms with Crippen LogP contribution in [0.3, 0.4) is 0 Å². The van der Waals surface area contributed by atoms with Crippen LogP contribution in [0.15, 0.2) is 9.85 Å². The van der Waals surface area contributed by atoms with E-state index in [1.54, 1.807) is 5.51 Å². The van der Waals surface area contributed by atoms with E-state index in [9.17, 15) is 9.59 Å². The average Bonchev–Trinajstić information content (AvgIpc) is 3.22. The Kier molecular flexibility index (Phi) is 4.97. The van der Waals surface area contributed by atoms with Crippen molar-refractivity contribution < 1.29 is 9.59 Å². The topological polar surface area (TPSA) is 84.0 Å². The number of hydrogen-bond acceptors (Lipinski definition) is 6. The Morgan fingerprint density at radius 2 is 2.32 bits per heavy atom. The fourth-order valence-electron chi connectivity index (χ4n) is 3.77. The van der Waals surface area contributed by atoms with Crippen LogP contribution in [-0.2, 0) is 4.79 Å². The van der Waals surface area contributed by atoms with E-state index >= 15 is 0 Å². The minimum atomic E-state index is -0.391. The van der Waals surface area contributed by atoms with E-state index in [4.69, 9.17) is 0 Å². The number of aromatic nitrogens is 2. The molecule has 6 nitrogen and oxygen atoms in total. The molecule has 3 rings (SSSR count). The fourth-order valence-corrected chi connectivity index (χ4v) is 5.06. The number of carbonyl (C=O) groups excluding carboxylic acids is 2. The van der Waals surface area contributed by atoms with Crippen molar-refractivity contribution in [1.82, 2.24) is 20.8 Å². The highest BCUT2D eigenvalue weighted by molar-refractivity contribution is 8.01. The van der Waals surface area contributed by atoms with Gasteiger partial charge in [0, 0.05) is 6.04 Å². The number of imide groups is 1. The summed E-state index contributed by atoms with van der Waals surface area (Å²) in [6.07, 6.45) is 5.17. The molecule has 2 aliphatic rings. The summed E-state index contributed by atoms with van der Waals surface area (Å²) in [7, 11) is 0. The highest BCUT2D eigenvalue weighted by Gasteiger charge is 2.42. The van der Waals surface area contributed by atoms with Crippen molar-refractivity contribution >= 4 is 35.0 Å². The van der Waals surface area contributed by atoms with Gasteiger partial charge < -0.3 is 5.32 Å². The van der Waals surface area contributed by atoms with Crippen molar-refractivity contribution in [2.45, 2.75) is 43.0 Å². The molecular weight excluding hydrogens is 320 g/mol. The van der Waals surface area contributed by atoms with Gasteiger partial charge in [-0.2, -0.15) is 0 Å².